The molecule has 0 saturated heterocycles. The summed E-state index contributed by atoms with van der Waals surface area (Å²) < 4.78 is 0. The molecule has 2 aromatic carbocycles. The lowest BCUT2D eigenvalue weighted by Gasteiger charge is -2.19. The van der Waals surface area contributed by atoms with Crippen LogP contribution >= 0.6 is 11.6 Å². The monoisotopic (exact) mass is 269 g/mol. The van der Waals surface area contributed by atoms with Crippen LogP contribution in [0.2, 0.25) is 5.02 Å². The minimum atomic E-state index is 0.641. The van der Waals surface area contributed by atoms with E-state index in [4.69, 9.17) is 11.6 Å². The fourth-order valence-electron chi connectivity index (χ4n) is 2.08. The first kappa shape index (κ1) is 11.9. The van der Waals surface area contributed by atoms with Gasteiger partial charge in [0.25, 0.3) is 0 Å². The molecule has 0 amide bonds. The molecule has 19 heavy (non-hydrogen) atoms. The Hall–Kier alpha value is -2.13. The summed E-state index contributed by atoms with van der Waals surface area (Å²) in [7, 11) is 1.98. The van der Waals surface area contributed by atoms with Crippen molar-refractivity contribution in [1.82, 2.24) is 9.97 Å². The van der Waals surface area contributed by atoms with Gasteiger partial charge in [-0.15, -0.1) is 0 Å². The summed E-state index contributed by atoms with van der Waals surface area (Å²) >= 11 is 6.17. The Bertz CT molecular complexity index is 713. The van der Waals surface area contributed by atoms with Gasteiger partial charge in [-0.3, -0.25) is 0 Å². The topological polar surface area (TPSA) is 29.0 Å². The minimum absolute atomic E-state index is 0.641. The molecular formula is C15H12ClN3. The first-order chi connectivity index (χ1) is 9.27. The number of fused-ring (bicyclic) bond motifs is 1. The minimum Gasteiger partial charge on any atom is -0.329 e. The fourth-order valence-corrected chi connectivity index (χ4v) is 2.30. The maximum absolute atomic E-state index is 6.17. The maximum atomic E-state index is 6.17. The lowest BCUT2D eigenvalue weighted by atomic mass is 10.2. The highest BCUT2D eigenvalue weighted by Gasteiger charge is 2.11. The second-order valence-corrected chi connectivity index (χ2v) is 4.64. The zero-order valence-electron chi connectivity index (χ0n) is 10.4. The van der Waals surface area contributed by atoms with Crippen LogP contribution in [0, 0.1) is 0 Å². The summed E-state index contributed by atoms with van der Waals surface area (Å²) in [6.45, 7) is 0. The third kappa shape index (κ3) is 2.13. The number of halogens is 1. The van der Waals surface area contributed by atoms with E-state index in [-0.39, 0.29) is 0 Å². The summed E-state index contributed by atoms with van der Waals surface area (Å²) in [4.78, 5) is 10.7. The predicted octanol–water partition coefficient (Wildman–Crippen LogP) is 4.05. The van der Waals surface area contributed by atoms with Crippen molar-refractivity contribution in [3.63, 3.8) is 0 Å². The van der Waals surface area contributed by atoms with Crippen LogP contribution in [0.15, 0.2) is 54.9 Å². The lowest BCUT2D eigenvalue weighted by molar-refractivity contribution is 1.11. The molecule has 0 aliphatic heterocycles. The van der Waals surface area contributed by atoms with Crippen LogP contribution in [0.5, 0.6) is 0 Å². The van der Waals surface area contributed by atoms with Crippen molar-refractivity contribution in [3.8, 4) is 0 Å². The fraction of sp³-hybridized carbons (Fsp3) is 0.0667. The molecule has 1 heterocycles. The first-order valence-electron chi connectivity index (χ1n) is 5.95. The molecule has 0 N–H and O–H groups in total. The summed E-state index contributed by atoms with van der Waals surface area (Å²) in [5, 5.41) is 1.59. The maximum Gasteiger partial charge on any atom is 0.144 e. The SMILES string of the molecule is CN(c1ccccc1)c1ncnc2c(Cl)cccc12. The molecule has 94 valence electrons. The normalized spacial score (nSPS) is 10.6. The molecule has 0 unspecified atom stereocenters. The molecule has 3 aromatic rings. The Morgan fingerprint density at radius 1 is 0.947 bits per heavy atom. The van der Waals surface area contributed by atoms with Crippen molar-refractivity contribution >= 4 is 34.0 Å². The standard InChI is InChI=1S/C15H12ClN3/c1-19(11-6-3-2-4-7-11)15-12-8-5-9-13(16)14(12)17-10-18-15/h2-10H,1H3. The van der Waals surface area contributed by atoms with Crippen molar-refractivity contribution in [3.05, 3.63) is 59.9 Å². The Morgan fingerprint density at radius 3 is 2.53 bits per heavy atom. The van der Waals surface area contributed by atoms with Crippen LogP contribution in [0.25, 0.3) is 10.9 Å². The molecule has 1 aromatic heterocycles. The van der Waals surface area contributed by atoms with Gasteiger partial charge in [-0.25, -0.2) is 9.97 Å². The largest absolute Gasteiger partial charge is 0.329 e. The predicted molar refractivity (Wildman–Crippen MR) is 79.1 cm³/mol. The van der Waals surface area contributed by atoms with Crippen LogP contribution in [0.3, 0.4) is 0 Å². The van der Waals surface area contributed by atoms with Crippen LogP contribution in [0.4, 0.5) is 11.5 Å². The number of hydrogen-bond acceptors (Lipinski definition) is 3. The number of nitrogens with zero attached hydrogens (tertiary/aromatic N) is 3. The zero-order valence-corrected chi connectivity index (χ0v) is 11.2. The number of para-hydroxylation sites is 2. The van der Waals surface area contributed by atoms with Gasteiger partial charge in [-0.05, 0) is 24.3 Å². The average molecular weight is 270 g/mol. The van der Waals surface area contributed by atoms with E-state index >= 15 is 0 Å². The van der Waals surface area contributed by atoms with E-state index in [1.165, 1.54) is 0 Å². The van der Waals surface area contributed by atoms with Gasteiger partial charge in [-0.1, -0.05) is 35.9 Å². The van der Waals surface area contributed by atoms with Crippen LogP contribution < -0.4 is 4.90 Å². The van der Waals surface area contributed by atoms with Gasteiger partial charge >= 0.3 is 0 Å². The molecule has 0 radical (unpaired) electrons. The van der Waals surface area contributed by atoms with Crippen LogP contribution in [-0.2, 0) is 0 Å². The van der Waals surface area contributed by atoms with Gasteiger partial charge in [0, 0.05) is 18.1 Å². The molecule has 0 spiro atoms. The van der Waals surface area contributed by atoms with Gasteiger partial charge in [-0.2, -0.15) is 0 Å². The average Bonchev–Trinajstić information content (AvgIpc) is 2.47. The Kier molecular flexibility index (Phi) is 3.05. The molecule has 0 aliphatic rings. The van der Waals surface area contributed by atoms with Crippen molar-refractivity contribution in [2.75, 3.05) is 11.9 Å². The third-order valence-corrected chi connectivity index (χ3v) is 3.36. The zero-order chi connectivity index (χ0) is 13.2. The molecule has 0 saturated carbocycles. The van der Waals surface area contributed by atoms with Gasteiger partial charge in [0.2, 0.25) is 0 Å². The Labute approximate surface area is 116 Å². The van der Waals surface area contributed by atoms with Crippen LogP contribution in [0.1, 0.15) is 0 Å². The summed E-state index contributed by atoms with van der Waals surface area (Å²) in [6.07, 6.45) is 1.54. The number of benzene rings is 2. The molecule has 0 fully saturated rings. The van der Waals surface area contributed by atoms with E-state index in [0.29, 0.717) is 5.02 Å². The quantitative estimate of drug-likeness (QED) is 0.703. The smallest absolute Gasteiger partial charge is 0.144 e. The van der Waals surface area contributed by atoms with Crippen LogP contribution in [-0.4, -0.2) is 17.0 Å². The second-order valence-electron chi connectivity index (χ2n) is 4.23. The van der Waals surface area contributed by atoms with Crippen molar-refractivity contribution in [1.29, 1.82) is 0 Å². The van der Waals surface area contributed by atoms with E-state index in [2.05, 4.69) is 9.97 Å². The molecule has 0 bridgehead atoms. The first-order valence-corrected chi connectivity index (χ1v) is 6.33. The van der Waals surface area contributed by atoms with Crippen molar-refractivity contribution in [2.24, 2.45) is 0 Å². The molecular weight excluding hydrogens is 258 g/mol. The van der Waals surface area contributed by atoms with Crippen molar-refractivity contribution < 1.29 is 0 Å². The highest BCUT2D eigenvalue weighted by atomic mass is 35.5. The molecule has 0 atom stereocenters. The Balaban J connectivity index is 2.18. The molecule has 3 rings (SSSR count). The number of aromatic nitrogens is 2. The highest BCUT2D eigenvalue weighted by molar-refractivity contribution is 6.35. The van der Waals surface area contributed by atoms with E-state index < -0.39 is 0 Å². The summed E-state index contributed by atoms with van der Waals surface area (Å²) in [6, 6.07) is 15.8. The third-order valence-electron chi connectivity index (χ3n) is 3.06. The van der Waals surface area contributed by atoms with Gasteiger partial charge in [0.1, 0.15) is 12.1 Å². The summed E-state index contributed by atoms with van der Waals surface area (Å²) in [5.74, 6) is 0.846. The van der Waals surface area contributed by atoms with E-state index in [0.717, 1.165) is 22.4 Å². The van der Waals surface area contributed by atoms with E-state index in [1.54, 1.807) is 6.33 Å². The molecule has 4 heteroatoms. The number of anilines is 2. The molecule has 0 aliphatic carbocycles. The van der Waals surface area contributed by atoms with Gasteiger partial charge < -0.3 is 4.90 Å². The summed E-state index contributed by atoms with van der Waals surface area (Å²) in [5.41, 5.74) is 1.85. The second kappa shape index (κ2) is 4.86. The van der Waals surface area contributed by atoms with Gasteiger partial charge in [0.05, 0.1) is 10.5 Å². The van der Waals surface area contributed by atoms with Gasteiger partial charge in [0.15, 0.2) is 0 Å². The van der Waals surface area contributed by atoms with E-state index in [1.807, 2.05) is 60.5 Å². The number of rotatable bonds is 2. The van der Waals surface area contributed by atoms with Crippen molar-refractivity contribution in [2.45, 2.75) is 0 Å². The van der Waals surface area contributed by atoms with E-state index in [9.17, 15) is 0 Å². The molecule has 3 nitrogen and oxygen atoms in total. The lowest BCUT2D eigenvalue weighted by Crippen LogP contribution is -2.11. The Morgan fingerprint density at radius 2 is 1.74 bits per heavy atom. The highest BCUT2D eigenvalue weighted by Crippen LogP contribution is 2.30. The number of hydrogen-bond donors (Lipinski definition) is 0.